The summed E-state index contributed by atoms with van der Waals surface area (Å²) in [5.74, 6) is 1.78. The van der Waals surface area contributed by atoms with E-state index >= 15 is 0 Å². The minimum Gasteiger partial charge on any atom is -0.507 e. The summed E-state index contributed by atoms with van der Waals surface area (Å²) in [7, 11) is 0. The molecule has 4 nitrogen and oxygen atoms in total. The Labute approximate surface area is 158 Å². The van der Waals surface area contributed by atoms with E-state index in [0.717, 1.165) is 16.7 Å². The molecule has 0 aliphatic carbocycles. The first-order valence-corrected chi connectivity index (χ1v) is 8.79. The number of aromatic nitrogens is 3. The monoisotopic (exact) mass is 353 g/mol. The molecule has 0 aliphatic heterocycles. The van der Waals surface area contributed by atoms with Crippen molar-refractivity contribution in [3.63, 3.8) is 0 Å². The fourth-order valence-corrected chi connectivity index (χ4v) is 2.94. The molecule has 0 radical (unpaired) electrons. The number of benzene rings is 3. The van der Waals surface area contributed by atoms with Crippen LogP contribution in [0.1, 0.15) is 11.1 Å². The molecule has 0 saturated heterocycles. The van der Waals surface area contributed by atoms with E-state index < -0.39 is 0 Å². The molecule has 0 saturated carbocycles. The first-order valence-electron chi connectivity index (χ1n) is 8.79. The molecule has 0 unspecified atom stereocenters. The van der Waals surface area contributed by atoms with Crippen molar-refractivity contribution in [3.05, 3.63) is 83.9 Å². The van der Waals surface area contributed by atoms with Crippen LogP contribution >= 0.6 is 0 Å². The Balaban J connectivity index is 1.95. The van der Waals surface area contributed by atoms with Crippen LogP contribution in [-0.2, 0) is 0 Å². The van der Waals surface area contributed by atoms with Crippen molar-refractivity contribution in [2.45, 2.75) is 13.8 Å². The molecule has 0 aliphatic rings. The highest BCUT2D eigenvalue weighted by molar-refractivity contribution is 5.70. The van der Waals surface area contributed by atoms with E-state index in [-0.39, 0.29) is 5.75 Å². The van der Waals surface area contributed by atoms with Gasteiger partial charge in [-0.2, -0.15) is 0 Å². The number of aryl methyl sites for hydroxylation is 2. The van der Waals surface area contributed by atoms with E-state index in [1.165, 1.54) is 5.56 Å². The predicted octanol–water partition coefficient (Wildman–Crippen LogP) is 5.20. The van der Waals surface area contributed by atoms with E-state index in [2.05, 4.69) is 9.97 Å². The van der Waals surface area contributed by atoms with Gasteiger partial charge in [-0.15, -0.1) is 0 Å². The largest absolute Gasteiger partial charge is 0.507 e. The average Bonchev–Trinajstić information content (AvgIpc) is 2.69. The van der Waals surface area contributed by atoms with Crippen LogP contribution in [0, 0.1) is 13.8 Å². The number of phenols is 1. The highest BCUT2D eigenvalue weighted by Crippen LogP contribution is 2.30. The molecule has 0 fully saturated rings. The molecule has 1 heterocycles. The molecule has 4 rings (SSSR count). The average molecular weight is 353 g/mol. The molecular formula is C23H19N3O. The van der Waals surface area contributed by atoms with Gasteiger partial charge >= 0.3 is 0 Å². The van der Waals surface area contributed by atoms with Gasteiger partial charge < -0.3 is 5.11 Å². The molecule has 1 aromatic heterocycles. The summed E-state index contributed by atoms with van der Waals surface area (Å²) in [5.41, 5.74) is 4.71. The van der Waals surface area contributed by atoms with Crippen molar-refractivity contribution >= 4 is 0 Å². The maximum Gasteiger partial charge on any atom is 0.167 e. The standard InChI is InChI=1S/C23H19N3O/c1-15-11-13-17(14-12-15)21-24-22(18-8-4-3-7-16(18)2)26-23(25-21)19-9-5-6-10-20(19)27/h3-14,27H,1-2H3. The van der Waals surface area contributed by atoms with Gasteiger partial charge in [-0.25, -0.2) is 15.0 Å². The number of hydrogen-bond acceptors (Lipinski definition) is 4. The minimum atomic E-state index is 0.147. The fraction of sp³-hybridized carbons (Fsp3) is 0.0870. The number of aromatic hydroxyl groups is 1. The third kappa shape index (κ3) is 3.42. The molecule has 27 heavy (non-hydrogen) atoms. The number of hydrogen-bond donors (Lipinski definition) is 1. The Hall–Kier alpha value is -3.53. The highest BCUT2D eigenvalue weighted by atomic mass is 16.3. The van der Waals surface area contributed by atoms with Gasteiger partial charge in [-0.1, -0.05) is 66.2 Å². The molecule has 1 N–H and O–H groups in total. The number of rotatable bonds is 3. The van der Waals surface area contributed by atoms with Crippen LogP contribution in [0.2, 0.25) is 0 Å². The molecule has 0 amide bonds. The molecule has 4 heteroatoms. The Kier molecular flexibility index (Phi) is 4.38. The highest BCUT2D eigenvalue weighted by Gasteiger charge is 2.15. The van der Waals surface area contributed by atoms with Crippen molar-refractivity contribution in [3.8, 4) is 39.9 Å². The van der Waals surface area contributed by atoms with Gasteiger partial charge in [0.1, 0.15) is 5.75 Å². The number of para-hydroxylation sites is 1. The lowest BCUT2D eigenvalue weighted by Crippen LogP contribution is -2.01. The van der Waals surface area contributed by atoms with Crippen LogP contribution in [0.3, 0.4) is 0 Å². The number of phenolic OH excluding ortho intramolecular Hbond substituents is 1. The van der Waals surface area contributed by atoms with Crippen LogP contribution in [0.5, 0.6) is 5.75 Å². The maximum atomic E-state index is 10.3. The zero-order chi connectivity index (χ0) is 18.8. The molecule has 0 spiro atoms. The summed E-state index contributed by atoms with van der Waals surface area (Å²) in [6.45, 7) is 4.08. The third-order valence-corrected chi connectivity index (χ3v) is 4.48. The first kappa shape index (κ1) is 16.9. The van der Waals surface area contributed by atoms with Gasteiger partial charge in [-0.3, -0.25) is 0 Å². The summed E-state index contributed by atoms with van der Waals surface area (Å²) in [4.78, 5) is 14.0. The van der Waals surface area contributed by atoms with Gasteiger partial charge in [0.2, 0.25) is 0 Å². The SMILES string of the molecule is Cc1ccc(-c2nc(-c3ccccc3C)nc(-c3ccccc3O)n2)cc1. The second-order valence-corrected chi connectivity index (χ2v) is 6.50. The predicted molar refractivity (Wildman–Crippen MR) is 107 cm³/mol. The van der Waals surface area contributed by atoms with Crippen molar-refractivity contribution in [2.24, 2.45) is 0 Å². The lowest BCUT2D eigenvalue weighted by atomic mass is 10.1. The summed E-state index contributed by atoms with van der Waals surface area (Å²) >= 11 is 0. The summed E-state index contributed by atoms with van der Waals surface area (Å²) < 4.78 is 0. The Morgan fingerprint density at radius 3 is 1.81 bits per heavy atom. The van der Waals surface area contributed by atoms with Gasteiger partial charge in [0, 0.05) is 11.1 Å². The lowest BCUT2D eigenvalue weighted by Gasteiger charge is -2.10. The smallest absolute Gasteiger partial charge is 0.167 e. The summed E-state index contributed by atoms with van der Waals surface area (Å²) in [5, 5.41) is 10.3. The first-order chi connectivity index (χ1) is 13.1. The normalized spacial score (nSPS) is 10.7. The van der Waals surface area contributed by atoms with Crippen LogP contribution < -0.4 is 0 Å². The Morgan fingerprint density at radius 2 is 1.15 bits per heavy atom. The molecule has 4 aromatic rings. The zero-order valence-corrected chi connectivity index (χ0v) is 15.2. The third-order valence-electron chi connectivity index (χ3n) is 4.48. The van der Waals surface area contributed by atoms with E-state index in [1.807, 2.05) is 74.5 Å². The Bertz CT molecular complexity index is 1040. The second kappa shape index (κ2) is 7.00. The quantitative estimate of drug-likeness (QED) is 0.550. The Morgan fingerprint density at radius 1 is 0.593 bits per heavy atom. The van der Waals surface area contributed by atoms with Crippen molar-refractivity contribution in [1.29, 1.82) is 0 Å². The molecular weight excluding hydrogens is 334 g/mol. The lowest BCUT2D eigenvalue weighted by molar-refractivity contribution is 0.477. The molecule has 3 aromatic carbocycles. The second-order valence-electron chi connectivity index (χ2n) is 6.50. The summed E-state index contributed by atoms with van der Waals surface area (Å²) in [6.07, 6.45) is 0. The zero-order valence-electron chi connectivity index (χ0n) is 15.2. The van der Waals surface area contributed by atoms with Crippen LogP contribution in [0.15, 0.2) is 72.8 Å². The van der Waals surface area contributed by atoms with Crippen LogP contribution in [0.25, 0.3) is 34.2 Å². The van der Waals surface area contributed by atoms with Crippen molar-refractivity contribution in [1.82, 2.24) is 15.0 Å². The van der Waals surface area contributed by atoms with E-state index in [4.69, 9.17) is 4.98 Å². The maximum absolute atomic E-state index is 10.3. The van der Waals surface area contributed by atoms with Gasteiger partial charge in [0.15, 0.2) is 17.5 Å². The topological polar surface area (TPSA) is 58.9 Å². The van der Waals surface area contributed by atoms with Gasteiger partial charge in [-0.05, 0) is 31.5 Å². The van der Waals surface area contributed by atoms with E-state index in [1.54, 1.807) is 12.1 Å². The van der Waals surface area contributed by atoms with Gasteiger partial charge in [0.25, 0.3) is 0 Å². The molecule has 0 atom stereocenters. The van der Waals surface area contributed by atoms with E-state index in [9.17, 15) is 5.11 Å². The fourth-order valence-electron chi connectivity index (χ4n) is 2.94. The van der Waals surface area contributed by atoms with Crippen molar-refractivity contribution < 1.29 is 5.11 Å². The molecule has 132 valence electrons. The van der Waals surface area contributed by atoms with E-state index in [0.29, 0.717) is 23.0 Å². The number of nitrogens with zero attached hydrogens (tertiary/aromatic N) is 3. The van der Waals surface area contributed by atoms with Gasteiger partial charge in [0.05, 0.1) is 5.56 Å². The van der Waals surface area contributed by atoms with Crippen LogP contribution in [-0.4, -0.2) is 20.1 Å². The minimum absolute atomic E-state index is 0.147. The van der Waals surface area contributed by atoms with Crippen LogP contribution in [0.4, 0.5) is 0 Å². The van der Waals surface area contributed by atoms with Crippen molar-refractivity contribution in [2.75, 3.05) is 0 Å². The molecule has 0 bridgehead atoms. The summed E-state index contributed by atoms with van der Waals surface area (Å²) in [6, 6.07) is 23.1.